The van der Waals surface area contributed by atoms with Crippen LogP contribution in [0.5, 0.6) is 0 Å². The van der Waals surface area contributed by atoms with Gasteiger partial charge in [-0.3, -0.25) is 4.98 Å². The molecule has 7 nitrogen and oxygen atoms in total. The van der Waals surface area contributed by atoms with E-state index in [1.807, 2.05) is 22.9 Å². The van der Waals surface area contributed by atoms with E-state index in [0.717, 1.165) is 5.69 Å². The largest absolute Gasteiger partial charge is 0.417 e. The maximum absolute atomic E-state index is 12.8. The van der Waals surface area contributed by atoms with E-state index in [1.165, 1.54) is 16.4 Å². The second-order valence-corrected chi connectivity index (χ2v) is 7.14. The third-order valence-corrected chi connectivity index (χ3v) is 5.72. The summed E-state index contributed by atoms with van der Waals surface area (Å²) in [7, 11) is -3.62. The Morgan fingerprint density at radius 1 is 1.18 bits per heavy atom. The highest BCUT2D eigenvalue weighted by Crippen LogP contribution is 2.24. The third-order valence-electron chi connectivity index (χ3n) is 3.88. The van der Waals surface area contributed by atoms with Crippen molar-refractivity contribution in [3.63, 3.8) is 0 Å². The van der Waals surface area contributed by atoms with Crippen molar-refractivity contribution < 1.29 is 12.8 Å². The number of nitrogens with one attached hydrogen (secondary N) is 1. The van der Waals surface area contributed by atoms with Crippen LogP contribution >= 0.6 is 0 Å². The van der Waals surface area contributed by atoms with Crippen LogP contribution in [0.2, 0.25) is 0 Å². The second kappa shape index (κ2) is 4.59. The first-order valence-corrected chi connectivity index (χ1v) is 8.25. The quantitative estimate of drug-likeness (QED) is 0.767. The van der Waals surface area contributed by atoms with E-state index in [1.54, 1.807) is 6.07 Å². The maximum atomic E-state index is 12.8. The van der Waals surface area contributed by atoms with Gasteiger partial charge in [-0.2, -0.15) is 4.31 Å². The molecule has 114 valence electrons. The van der Waals surface area contributed by atoms with Crippen LogP contribution < -0.4 is 5.76 Å². The van der Waals surface area contributed by atoms with Crippen molar-refractivity contribution in [1.29, 1.82) is 0 Å². The maximum Gasteiger partial charge on any atom is 0.417 e. The predicted octanol–water partition coefficient (Wildman–Crippen LogP) is 1.13. The third kappa shape index (κ3) is 1.99. The lowest BCUT2D eigenvalue weighted by atomic mass is 10.3. The SMILES string of the molecule is O=c1[nH]c2ccc(S(=O)(=O)N3CCn4cccc4C3)cc2o1. The highest BCUT2D eigenvalue weighted by molar-refractivity contribution is 7.89. The number of fused-ring (bicyclic) bond motifs is 2. The summed E-state index contributed by atoms with van der Waals surface area (Å²) >= 11 is 0. The van der Waals surface area contributed by atoms with Gasteiger partial charge in [-0.25, -0.2) is 13.2 Å². The van der Waals surface area contributed by atoms with Crippen molar-refractivity contribution in [2.75, 3.05) is 6.54 Å². The first-order chi connectivity index (χ1) is 10.5. The van der Waals surface area contributed by atoms with Crippen molar-refractivity contribution in [3.8, 4) is 0 Å². The summed E-state index contributed by atoms with van der Waals surface area (Å²) in [5, 5.41) is 0. The Kier molecular flexibility index (Phi) is 2.78. The molecule has 3 aromatic rings. The topological polar surface area (TPSA) is 88.3 Å². The monoisotopic (exact) mass is 319 g/mol. The zero-order chi connectivity index (χ0) is 15.3. The minimum absolute atomic E-state index is 0.128. The highest BCUT2D eigenvalue weighted by Gasteiger charge is 2.28. The Balaban J connectivity index is 1.74. The molecule has 0 aliphatic carbocycles. The van der Waals surface area contributed by atoms with E-state index in [-0.39, 0.29) is 10.5 Å². The summed E-state index contributed by atoms with van der Waals surface area (Å²) in [6.45, 7) is 1.38. The van der Waals surface area contributed by atoms with E-state index in [9.17, 15) is 13.2 Å². The number of sulfonamides is 1. The van der Waals surface area contributed by atoms with E-state index in [2.05, 4.69) is 4.98 Å². The molecule has 0 spiro atoms. The van der Waals surface area contributed by atoms with Gasteiger partial charge in [0.2, 0.25) is 10.0 Å². The van der Waals surface area contributed by atoms with Crippen molar-refractivity contribution in [3.05, 3.63) is 52.8 Å². The van der Waals surface area contributed by atoms with Gasteiger partial charge in [0.15, 0.2) is 5.58 Å². The Morgan fingerprint density at radius 3 is 2.91 bits per heavy atom. The molecule has 8 heteroatoms. The molecule has 2 aromatic heterocycles. The van der Waals surface area contributed by atoms with Gasteiger partial charge in [-0.15, -0.1) is 0 Å². The molecule has 0 fully saturated rings. The van der Waals surface area contributed by atoms with Crippen molar-refractivity contribution in [2.24, 2.45) is 0 Å². The van der Waals surface area contributed by atoms with Crippen LogP contribution in [0.3, 0.4) is 0 Å². The number of aromatic nitrogens is 2. The Bertz CT molecular complexity index is 1010. The molecule has 1 N–H and O–H groups in total. The van der Waals surface area contributed by atoms with Crippen LogP contribution in [0.1, 0.15) is 5.69 Å². The van der Waals surface area contributed by atoms with Crippen LogP contribution in [0, 0.1) is 0 Å². The summed E-state index contributed by atoms with van der Waals surface area (Å²) in [6, 6.07) is 8.23. The number of benzene rings is 1. The van der Waals surface area contributed by atoms with Crippen molar-refractivity contribution >= 4 is 21.1 Å². The Labute approximate surface area is 125 Å². The van der Waals surface area contributed by atoms with Gasteiger partial charge in [0.1, 0.15) is 0 Å². The lowest BCUT2D eigenvalue weighted by molar-refractivity contribution is 0.341. The number of hydrogen-bond acceptors (Lipinski definition) is 4. The molecule has 0 unspecified atom stereocenters. The average molecular weight is 319 g/mol. The predicted molar refractivity (Wildman–Crippen MR) is 78.9 cm³/mol. The van der Waals surface area contributed by atoms with Gasteiger partial charge in [0, 0.05) is 31.0 Å². The van der Waals surface area contributed by atoms with E-state index in [4.69, 9.17) is 4.42 Å². The van der Waals surface area contributed by atoms with Crippen LogP contribution in [-0.2, 0) is 23.1 Å². The molecule has 0 saturated heterocycles. The molecule has 0 radical (unpaired) electrons. The van der Waals surface area contributed by atoms with Crippen LogP contribution in [0.4, 0.5) is 0 Å². The lowest BCUT2D eigenvalue weighted by Gasteiger charge is -2.27. The van der Waals surface area contributed by atoms with Crippen molar-refractivity contribution in [2.45, 2.75) is 18.0 Å². The van der Waals surface area contributed by atoms with Gasteiger partial charge in [0.05, 0.1) is 17.0 Å². The number of aromatic amines is 1. The van der Waals surface area contributed by atoms with Crippen LogP contribution in [0.25, 0.3) is 11.1 Å². The minimum atomic E-state index is -3.62. The molecule has 0 amide bonds. The molecule has 0 atom stereocenters. The van der Waals surface area contributed by atoms with Gasteiger partial charge < -0.3 is 8.98 Å². The van der Waals surface area contributed by atoms with E-state index in [0.29, 0.717) is 25.2 Å². The van der Waals surface area contributed by atoms with E-state index >= 15 is 0 Å². The van der Waals surface area contributed by atoms with E-state index < -0.39 is 15.8 Å². The second-order valence-electron chi connectivity index (χ2n) is 5.20. The molecule has 1 aromatic carbocycles. The summed E-state index contributed by atoms with van der Waals surface area (Å²) in [6.07, 6.45) is 1.94. The molecule has 1 aliphatic heterocycles. The summed E-state index contributed by atoms with van der Waals surface area (Å²) in [4.78, 5) is 13.8. The minimum Gasteiger partial charge on any atom is -0.408 e. The first-order valence-electron chi connectivity index (χ1n) is 6.81. The van der Waals surface area contributed by atoms with Gasteiger partial charge in [0.25, 0.3) is 0 Å². The molecular formula is C14H13N3O4S. The molecule has 4 rings (SSSR count). The number of H-pyrrole nitrogens is 1. The molecule has 0 bridgehead atoms. The van der Waals surface area contributed by atoms with Gasteiger partial charge >= 0.3 is 5.76 Å². The smallest absolute Gasteiger partial charge is 0.408 e. The van der Waals surface area contributed by atoms with Crippen molar-refractivity contribution in [1.82, 2.24) is 13.9 Å². The fourth-order valence-electron chi connectivity index (χ4n) is 2.73. The zero-order valence-electron chi connectivity index (χ0n) is 11.5. The standard InChI is InChI=1S/C14H13N3O4S/c18-14-15-12-4-3-11(8-13(12)21-14)22(19,20)17-7-6-16-5-1-2-10(16)9-17/h1-5,8H,6-7,9H2,(H,15,18). The number of nitrogens with zero attached hydrogens (tertiary/aromatic N) is 2. The zero-order valence-corrected chi connectivity index (χ0v) is 12.3. The van der Waals surface area contributed by atoms with Crippen LogP contribution in [0.15, 0.2) is 50.6 Å². The fourth-order valence-corrected chi connectivity index (χ4v) is 4.15. The van der Waals surface area contributed by atoms with Gasteiger partial charge in [-0.1, -0.05) is 0 Å². The average Bonchev–Trinajstić information content (AvgIpc) is 3.09. The Hall–Kier alpha value is -2.32. The molecule has 3 heterocycles. The summed E-state index contributed by atoms with van der Waals surface area (Å²) in [5.41, 5.74) is 1.69. The Morgan fingerprint density at radius 2 is 2.05 bits per heavy atom. The number of hydrogen-bond donors (Lipinski definition) is 1. The highest BCUT2D eigenvalue weighted by atomic mass is 32.2. The number of oxazole rings is 1. The number of rotatable bonds is 2. The van der Waals surface area contributed by atoms with Crippen LogP contribution in [-0.4, -0.2) is 28.8 Å². The lowest BCUT2D eigenvalue weighted by Crippen LogP contribution is -2.37. The molecule has 1 aliphatic rings. The normalized spacial score (nSPS) is 16.0. The molecular weight excluding hydrogens is 306 g/mol. The fraction of sp³-hybridized carbons (Fsp3) is 0.214. The summed E-state index contributed by atoms with van der Waals surface area (Å²) in [5.74, 6) is -0.597. The van der Waals surface area contributed by atoms with Gasteiger partial charge in [-0.05, 0) is 24.3 Å². The molecule has 22 heavy (non-hydrogen) atoms. The first kappa shape index (κ1) is 13.4. The molecule has 0 saturated carbocycles. The summed E-state index contributed by atoms with van der Waals surface area (Å²) < 4.78 is 33.9.